The zero-order valence-electron chi connectivity index (χ0n) is 17.0. The Hall–Kier alpha value is -3.41. The van der Waals surface area contributed by atoms with Gasteiger partial charge in [0.2, 0.25) is 0 Å². The molecule has 8 nitrogen and oxygen atoms in total. The van der Waals surface area contributed by atoms with Crippen LogP contribution in [0.25, 0.3) is 5.65 Å². The number of pyridine rings is 2. The lowest BCUT2D eigenvalue weighted by Crippen LogP contribution is -2.43. The largest absolute Gasteiger partial charge is 0.483 e. The van der Waals surface area contributed by atoms with Gasteiger partial charge in [0.25, 0.3) is 5.91 Å². The van der Waals surface area contributed by atoms with E-state index in [2.05, 4.69) is 20.6 Å². The molecule has 1 saturated heterocycles. The van der Waals surface area contributed by atoms with Gasteiger partial charge in [0.1, 0.15) is 17.1 Å². The molecule has 3 aromatic heterocycles. The third-order valence-electron chi connectivity index (χ3n) is 4.81. The van der Waals surface area contributed by atoms with Crippen LogP contribution in [0.5, 0.6) is 5.75 Å². The summed E-state index contributed by atoms with van der Waals surface area (Å²) < 4.78 is 58.9. The summed E-state index contributed by atoms with van der Waals surface area (Å²) in [4.78, 5) is 23.0. The highest BCUT2D eigenvalue weighted by atomic mass is 19.4. The first kappa shape index (κ1) is 21.8. The van der Waals surface area contributed by atoms with Gasteiger partial charge in [-0.15, -0.1) is 0 Å². The first-order valence-corrected chi connectivity index (χ1v) is 9.81. The molecular formula is C20H20F4N6O2. The number of nitrogens with zero attached hydrogens (tertiary/aromatic N) is 4. The molecule has 0 aromatic carbocycles. The van der Waals surface area contributed by atoms with Crippen LogP contribution in [-0.4, -0.2) is 59.2 Å². The molecule has 0 saturated carbocycles. The number of carbonyl (C=O) groups excluding carboxylic acids is 1. The van der Waals surface area contributed by atoms with Gasteiger partial charge in [0.15, 0.2) is 18.1 Å². The molecule has 1 aliphatic heterocycles. The molecular weight excluding hydrogens is 432 g/mol. The minimum absolute atomic E-state index is 0.0942. The van der Waals surface area contributed by atoms with E-state index in [9.17, 15) is 22.4 Å². The number of hydrogen-bond donors (Lipinski definition) is 2. The number of anilines is 2. The number of fused-ring (bicyclic) bond motifs is 1. The maximum atomic E-state index is 14.3. The lowest BCUT2D eigenvalue weighted by Gasteiger charge is -2.28. The highest BCUT2D eigenvalue weighted by Crippen LogP contribution is 2.27. The number of piperazine rings is 1. The van der Waals surface area contributed by atoms with Crippen molar-refractivity contribution in [2.24, 2.45) is 0 Å². The van der Waals surface area contributed by atoms with Crippen LogP contribution in [-0.2, 0) is 0 Å². The Labute approximate surface area is 180 Å². The fourth-order valence-electron chi connectivity index (χ4n) is 3.39. The van der Waals surface area contributed by atoms with Gasteiger partial charge in [-0.25, -0.2) is 14.4 Å². The van der Waals surface area contributed by atoms with Gasteiger partial charge in [-0.2, -0.15) is 13.2 Å². The Bertz CT molecular complexity index is 1140. The molecule has 1 aliphatic rings. The third kappa shape index (κ3) is 4.90. The zero-order chi connectivity index (χ0) is 22.9. The lowest BCUT2D eigenvalue weighted by atomic mass is 10.2. The summed E-state index contributed by atoms with van der Waals surface area (Å²) in [5, 5.41) is 5.65. The fraction of sp³-hybridized carbons (Fsp3) is 0.350. The molecule has 32 heavy (non-hydrogen) atoms. The molecule has 3 aromatic rings. The van der Waals surface area contributed by atoms with Crippen molar-refractivity contribution in [1.29, 1.82) is 0 Å². The van der Waals surface area contributed by atoms with E-state index in [4.69, 9.17) is 4.74 Å². The molecule has 0 unspecified atom stereocenters. The SMILES string of the molecule is Cc1cn2cc(NC(=O)c3cnc(N4CCNCC4)cc3OCC(F)(F)F)cc(F)c2n1. The van der Waals surface area contributed by atoms with Crippen molar-refractivity contribution in [2.45, 2.75) is 13.1 Å². The quantitative estimate of drug-likeness (QED) is 0.580. The smallest absolute Gasteiger partial charge is 0.422 e. The molecule has 0 bridgehead atoms. The number of aromatic nitrogens is 3. The summed E-state index contributed by atoms with van der Waals surface area (Å²) >= 11 is 0. The number of carbonyl (C=O) groups is 1. The summed E-state index contributed by atoms with van der Waals surface area (Å²) in [7, 11) is 0. The maximum absolute atomic E-state index is 14.3. The monoisotopic (exact) mass is 452 g/mol. The topological polar surface area (TPSA) is 83.8 Å². The number of amides is 1. The van der Waals surface area contributed by atoms with Crippen LogP contribution in [0.3, 0.4) is 0 Å². The maximum Gasteiger partial charge on any atom is 0.422 e. The van der Waals surface area contributed by atoms with Crippen LogP contribution >= 0.6 is 0 Å². The Morgan fingerprint density at radius 2 is 2.00 bits per heavy atom. The van der Waals surface area contributed by atoms with E-state index in [0.29, 0.717) is 37.7 Å². The van der Waals surface area contributed by atoms with E-state index in [1.165, 1.54) is 16.7 Å². The van der Waals surface area contributed by atoms with Crippen LogP contribution in [0.1, 0.15) is 16.1 Å². The molecule has 2 N–H and O–H groups in total. The second-order valence-corrected chi connectivity index (χ2v) is 7.32. The molecule has 170 valence electrons. The van der Waals surface area contributed by atoms with Gasteiger partial charge in [-0.3, -0.25) is 4.79 Å². The van der Waals surface area contributed by atoms with Crippen LogP contribution in [0.15, 0.2) is 30.7 Å². The molecule has 0 aliphatic carbocycles. The molecule has 4 rings (SSSR count). The number of ether oxygens (including phenoxy) is 1. The van der Waals surface area contributed by atoms with E-state index >= 15 is 0 Å². The Morgan fingerprint density at radius 1 is 1.25 bits per heavy atom. The van der Waals surface area contributed by atoms with Gasteiger partial charge in [0, 0.05) is 56.9 Å². The second kappa shape index (κ2) is 8.61. The van der Waals surface area contributed by atoms with Gasteiger partial charge in [-0.1, -0.05) is 0 Å². The van der Waals surface area contributed by atoms with E-state index in [0.717, 1.165) is 12.3 Å². The van der Waals surface area contributed by atoms with Crippen LogP contribution in [0.4, 0.5) is 29.1 Å². The van der Waals surface area contributed by atoms with Gasteiger partial charge in [-0.05, 0) is 6.92 Å². The Kier molecular flexibility index (Phi) is 5.87. The van der Waals surface area contributed by atoms with Crippen LogP contribution in [0, 0.1) is 12.7 Å². The van der Waals surface area contributed by atoms with Crippen molar-refractivity contribution in [3.63, 3.8) is 0 Å². The average Bonchev–Trinajstić information content (AvgIpc) is 3.13. The first-order chi connectivity index (χ1) is 15.2. The number of hydrogen-bond acceptors (Lipinski definition) is 6. The number of rotatable bonds is 5. The molecule has 0 radical (unpaired) electrons. The number of aryl methyl sites for hydroxylation is 1. The van der Waals surface area contributed by atoms with Crippen molar-refractivity contribution >= 4 is 23.1 Å². The molecule has 1 amide bonds. The van der Waals surface area contributed by atoms with Gasteiger partial charge < -0.3 is 24.7 Å². The lowest BCUT2D eigenvalue weighted by molar-refractivity contribution is -0.153. The summed E-state index contributed by atoms with van der Waals surface area (Å²) in [5.41, 5.74) is 0.584. The Morgan fingerprint density at radius 3 is 2.72 bits per heavy atom. The summed E-state index contributed by atoms with van der Waals surface area (Å²) in [6, 6.07) is 2.40. The van der Waals surface area contributed by atoms with E-state index in [1.807, 2.05) is 4.90 Å². The van der Waals surface area contributed by atoms with Crippen molar-refractivity contribution in [3.8, 4) is 5.75 Å². The van der Waals surface area contributed by atoms with Crippen LogP contribution < -0.4 is 20.3 Å². The Balaban J connectivity index is 1.62. The molecule has 12 heteroatoms. The first-order valence-electron chi connectivity index (χ1n) is 9.81. The average molecular weight is 452 g/mol. The van der Waals surface area contributed by atoms with E-state index < -0.39 is 24.5 Å². The van der Waals surface area contributed by atoms with Crippen molar-refractivity contribution < 1.29 is 27.1 Å². The highest BCUT2D eigenvalue weighted by molar-refractivity contribution is 6.06. The molecule has 0 atom stereocenters. The van der Waals surface area contributed by atoms with E-state index in [1.54, 1.807) is 13.1 Å². The minimum atomic E-state index is -4.58. The number of halogens is 4. The normalized spacial score (nSPS) is 14.6. The summed E-state index contributed by atoms with van der Waals surface area (Å²) in [6.07, 6.45) is -0.390. The number of nitrogens with one attached hydrogen (secondary N) is 2. The van der Waals surface area contributed by atoms with Gasteiger partial charge >= 0.3 is 6.18 Å². The highest BCUT2D eigenvalue weighted by Gasteiger charge is 2.30. The predicted octanol–water partition coefficient (Wildman–Crippen LogP) is 2.78. The predicted molar refractivity (Wildman–Crippen MR) is 109 cm³/mol. The zero-order valence-corrected chi connectivity index (χ0v) is 17.0. The summed E-state index contributed by atoms with van der Waals surface area (Å²) in [5.74, 6) is -1.29. The standard InChI is InChI=1S/C20H20F4N6O2/c1-12-9-30-10-13(6-15(21)18(30)27-12)28-19(31)14-8-26-17(29-4-2-25-3-5-29)7-16(14)32-11-20(22,23)24/h6-10,25H,2-5,11H2,1H3,(H,28,31). The summed E-state index contributed by atoms with van der Waals surface area (Å²) in [6.45, 7) is 2.75. The molecule has 0 spiro atoms. The number of imidazole rings is 1. The van der Waals surface area contributed by atoms with Crippen molar-refractivity contribution in [3.05, 3.63) is 47.8 Å². The van der Waals surface area contributed by atoms with Crippen LogP contribution in [0.2, 0.25) is 0 Å². The molecule has 1 fully saturated rings. The second-order valence-electron chi connectivity index (χ2n) is 7.32. The molecule has 4 heterocycles. The van der Waals surface area contributed by atoms with Crippen molar-refractivity contribution in [2.75, 3.05) is 43.0 Å². The van der Waals surface area contributed by atoms with Gasteiger partial charge in [0.05, 0.1) is 11.4 Å². The fourth-order valence-corrected chi connectivity index (χ4v) is 3.39. The number of alkyl halides is 3. The van der Waals surface area contributed by atoms with Crippen molar-refractivity contribution in [1.82, 2.24) is 19.7 Å². The minimum Gasteiger partial charge on any atom is -0.483 e. The third-order valence-corrected chi connectivity index (χ3v) is 4.81. The van der Waals surface area contributed by atoms with E-state index in [-0.39, 0.29) is 22.6 Å².